The zero-order valence-electron chi connectivity index (χ0n) is 10.1. The SMILES string of the molecule is CCC(C1CC1)N(CC)CC(C)C(=O)O. The first-order valence-corrected chi connectivity index (χ1v) is 6.06. The highest BCUT2D eigenvalue weighted by Crippen LogP contribution is 2.36. The van der Waals surface area contributed by atoms with Gasteiger partial charge in [-0.3, -0.25) is 9.69 Å². The molecule has 0 saturated heterocycles. The van der Waals surface area contributed by atoms with Crippen molar-refractivity contribution in [3.63, 3.8) is 0 Å². The van der Waals surface area contributed by atoms with Gasteiger partial charge in [0.1, 0.15) is 0 Å². The molecule has 0 bridgehead atoms. The maximum atomic E-state index is 10.8. The fourth-order valence-electron chi connectivity index (χ4n) is 2.30. The molecule has 1 aliphatic rings. The van der Waals surface area contributed by atoms with E-state index in [4.69, 9.17) is 5.11 Å². The molecule has 0 aromatic heterocycles. The van der Waals surface area contributed by atoms with Crippen molar-refractivity contribution in [2.24, 2.45) is 11.8 Å². The molecule has 0 heterocycles. The Morgan fingerprint density at radius 1 is 1.47 bits per heavy atom. The summed E-state index contributed by atoms with van der Waals surface area (Å²) in [6.45, 7) is 7.79. The van der Waals surface area contributed by atoms with E-state index in [0.717, 1.165) is 18.9 Å². The van der Waals surface area contributed by atoms with Crippen molar-refractivity contribution in [1.82, 2.24) is 4.90 Å². The van der Waals surface area contributed by atoms with Gasteiger partial charge in [-0.15, -0.1) is 0 Å². The Labute approximate surface area is 92.5 Å². The molecule has 3 heteroatoms. The molecule has 1 saturated carbocycles. The zero-order chi connectivity index (χ0) is 11.4. The van der Waals surface area contributed by atoms with Gasteiger partial charge < -0.3 is 5.11 Å². The molecule has 1 N–H and O–H groups in total. The number of carbonyl (C=O) groups is 1. The number of carboxylic acids is 1. The van der Waals surface area contributed by atoms with E-state index in [9.17, 15) is 4.79 Å². The molecule has 15 heavy (non-hydrogen) atoms. The summed E-state index contributed by atoms with van der Waals surface area (Å²) in [5.41, 5.74) is 0. The normalized spacial score (nSPS) is 20.3. The maximum absolute atomic E-state index is 10.8. The molecule has 0 aromatic rings. The Balaban J connectivity index is 2.49. The smallest absolute Gasteiger partial charge is 0.307 e. The van der Waals surface area contributed by atoms with E-state index in [2.05, 4.69) is 18.7 Å². The summed E-state index contributed by atoms with van der Waals surface area (Å²) in [7, 11) is 0. The third-order valence-electron chi connectivity index (χ3n) is 3.39. The monoisotopic (exact) mass is 213 g/mol. The van der Waals surface area contributed by atoms with Crippen LogP contribution in [0.5, 0.6) is 0 Å². The first-order valence-electron chi connectivity index (χ1n) is 6.06. The van der Waals surface area contributed by atoms with E-state index in [-0.39, 0.29) is 5.92 Å². The molecule has 1 rings (SSSR count). The molecular weight excluding hydrogens is 190 g/mol. The largest absolute Gasteiger partial charge is 0.481 e. The Bertz CT molecular complexity index is 214. The summed E-state index contributed by atoms with van der Waals surface area (Å²) in [4.78, 5) is 13.2. The van der Waals surface area contributed by atoms with Gasteiger partial charge in [-0.2, -0.15) is 0 Å². The van der Waals surface area contributed by atoms with Crippen LogP contribution >= 0.6 is 0 Å². The Morgan fingerprint density at radius 2 is 2.07 bits per heavy atom. The van der Waals surface area contributed by atoms with Gasteiger partial charge in [-0.1, -0.05) is 20.8 Å². The second-order valence-electron chi connectivity index (χ2n) is 4.64. The molecule has 88 valence electrons. The van der Waals surface area contributed by atoms with E-state index in [1.54, 1.807) is 6.92 Å². The Kier molecular flexibility index (Phi) is 4.58. The van der Waals surface area contributed by atoms with Crippen molar-refractivity contribution in [3.8, 4) is 0 Å². The number of hydrogen-bond acceptors (Lipinski definition) is 2. The number of hydrogen-bond donors (Lipinski definition) is 1. The summed E-state index contributed by atoms with van der Waals surface area (Å²) in [6, 6.07) is 0.608. The highest BCUT2D eigenvalue weighted by molar-refractivity contribution is 5.69. The van der Waals surface area contributed by atoms with E-state index in [1.807, 2.05) is 0 Å². The molecule has 1 fully saturated rings. The lowest BCUT2D eigenvalue weighted by atomic mass is 10.1. The van der Waals surface area contributed by atoms with Crippen LogP contribution in [-0.2, 0) is 4.79 Å². The van der Waals surface area contributed by atoms with Crippen molar-refractivity contribution in [2.45, 2.75) is 46.1 Å². The van der Waals surface area contributed by atoms with Gasteiger partial charge in [0.25, 0.3) is 0 Å². The number of aliphatic carboxylic acids is 1. The predicted molar refractivity (Wildman–Crippen MR) is 60.8 cm³/mol. The first-order chi connectivity index (χ1) is 7.10. The molecule has 0 radical (unpaired) electrons. The summed E-state index contributed by atoms with van der Waals surface area (Å²) < 4.78 is 0. The molecule has 3 nitrogen and oxygen atoms in total. The lowest BCUT2D eigenvalue weighted by Gasteiger charge is -2.31. The minimum atomic E-state index is -0.681. The maximum Gasteiger partial charge on any atom is 0.307 e. The molecule has 0 spiro atoms. The van der Waals surface area contributed by atoms with Crippen LogP contribution < -0.4 is 0 Å². The van der Waals surface area contributed by atoms with Crippen molar-refractivity contribution in [1.29, 1.82) is 0 Å². The topological polar surface area (TPSA) is 40.5 Å². The average Bonchev–Trinajstić information content (AvgIpc) is 3.01. The van der Waals surface area contributed by atoms with Crippen molar-refractivity contribution in [2.75, 3.05) is 13.1 Å². The summed E-state index contributed by atoms with van der Waals surface area (Å²) >= 11 is 0. The van der Waals surface area contributed by atoms with Crippen molar-refractivity contribution < 1.29 is 9.90 Å². The van der Waals surface area contributed by atoms with Gasteiger partial charge in [0, 0.05) is 12.6 Å². The van der Waals surface area contributed by atoms with E-state index in [0.29, 0.717) is 12.6 Å². The molecular formula is C12H23NO2. The molecule has 1 aliphatic carbocycles. The van der Waals surface area contributed by atoms with Gasteiger partial charge in [0.15, 0.2) is 0 Å². The number of nitrogens with zero attached hydrogens (tertiary/aromatic N) is 1. The number of carboxylic acid groups (broad SMARTS) is 1. The minimum absolute atomic E-state index is 0.252. The van der Waals surface area contributed by atoms with E-state index >= 15 is 0 Å². The summed E-state index contributed by atoms with van der Waals surface area (Å²) in [6.07, 6.45) is 3.80. The highest BCUT2D eigenvalue weighted by atomic mass is 16.4. The van der Waals surface area contributed by atoms with Crippen LogP contribution in [0.15, 0.2) is 0 Å². The highest BCUT2D eigenvalue weighted by Gasteiger charge is 2.34. The third-order valence-corrected chi connectivity index (χ3v) is 3.39. The quantitative estimate of drug-likeness (QED) is 0.705. The van der Waals surface area contributed by atoms with Crippen LogP contribution in [0.25, 0.3) is 0 Å². The van der Waals surface area contributed by atoms with Crippen LogP contribution in [0.1, 0.15) is 40.0 Å². The Morgan fingerprint density at radius 3 is 2.40 bits per heavy atom. The van der Waals surface area contributed by atoms with Gasteiger partial charge in [-0.25, -0.2) is 0 Å². The standard InChI is InChI=1S/C12H23NO2/c1-4-11(10-6-7-10)13(5-2)8-9(3)12(14)15/h9-11H,4-8H2,1-3H3,(H,14,15). The third kappa shape index (κ3) is 3.49. The van der Waals surface area contributed by atoms with Crippen LogP contribution in [0.2, 0.25) is 0 Å². The summed E-state index contributed by atoms with van der Waals surface area (Å²) in [5, 5.41) is 8.91. The van der Waals surface area contributed by atoms with E-state index in [1.165, 1.54) is 12.8 Å². The predicted octanol–water partition coefficient (Wildman–Crippen LogP) is 2.22. The van der Waals surface area contributed by atoms with Crippen LogP contribution in [-0.4, -0.2) is 35.1 Å². The Hall–Kier alpha value is -0.570. The molecule has 0 amide bonds. The molecule has 2 atom stereocenters. The second-order valence-corrected chi connectivity index (χ2v) is 4.64. The minimum Gasteiger partial charge on any atom is -0.481 e. The van der Waals surface area contributed by atoms with Crippen molar-refractivity contribution >= 4 is 5.97 Å². The average molecular weight is 213 g/mol. The molecule has 0 aromatic carbocycles. The van der Waals surface area contributed by atoms with Crippen LogP contribution in [0, 0.1) is 11.8 Å². The van der Waals surface area contributed by atoms with Crippen molar-refractivity contribution in [3.05, 3.63) is 0 Å². The lowest BCUT2D eigenvalue weighted by Crippen LogP contribution is -2.40. The van der Waals surface area contributed by atoms with Crippen LogP contribution in [0.3, 0.4) is 0 Å². The van der Waals surface area contributed by atoms with E-state index < -0.39 is 5.97 Å². The number of rotatable bonds is 7. The zero-order valence-corrected chi connectivity index (χ0v) is 10.1. The lowest BCUT2D eigenvalue weighted by molar-refractivity contribution is -0.142. The molecule has 0 aliphatic heterocycles. The fraction of sp³-hybridized carbons (Fsp3) is 0.917. The molecule has 2 unspecified atom stereocenters. The van der Waals surface area contributed by atoms with Gasteiger partial charge >= 0.3 is 5.97 Å². The summed E-state index contributed by atoms with van der Waals surface area (Å²) in [5.74, 6) is -0.104. The van der Waals surface area contributed by atoms with Gasteiger partial charge in [0.05, 0.1) is 5.92 Å². The van der Waals surface area contributed by atoms with Gasteiger partial charge in [0.2, 0.25) is 0 Å². The fourth-order valence-corrected chi connectivity index (χ4v) is 2.30. The van der Waals surface area contributed by atoms with Crippen LogP contribution in [0.4, 0.5) is 0 Å². The first kappa shape index (κ1) is 12.5. The second kappa shape index (κ2) is 5.50. The van der Waals surface area contributed by atoms with Gasteiger partial charge in [-0.05, 0) is 31.7 Å².